The maximum absolute atomic E-state index is 12.3. The molecule has 0 fully saturated rings. The van der Waals surface area contributed by atoms with Gasteiger partial charge in [-0.3, -0.25) is 9.48 Å². The van der Waals surface area contributed by atoms with E-state index in [2.05, 4.69) is 34.9 Å². The van der Waals surface area contributed by atoms with Crippen LogP contribution in [0.15, 0.2) is 23.3 Å². The average Bonchev–Trinajstić information content (AvgIpc) is 3.13. The van der Waals surface area contributed by atoms with Crippen LogP contribution in [0.5, 0.6) is 0 Å². The number of nitrogens with one attached hydrogen (secondary N) is 1. The molecule has 0 saturated heterocycles. The topological polar surface area (TPSA) is 55.6 Å². The molecular weight excluding hydrogens is 276 g/mol. The van der Waals surface area contributed by atoms with Crippen LogP contribution in [0.4, 0.5) is 0 Å². The van der Waals surface area contributed by atoms with Crippen molar-refractivity contribution in [3.8, 4) is 11.3 Å². The summed E-state index contributed by atoms with van der Waals surface area (Å²) in [5, 5.41) is 5.82. The third-order valence-corrected chi connectivity index (χ3v) is 4.71. The molecule has 0 saturated carbocycles. The van der Waals surface area contributed by atoms with Gasteiger partial charge < -0.3 is 9.55 Å². The molecule has 0 aromatic carbocycles. The minimum Gasteiger partial charge on any atom is -0.354 e. The second kappa shape index (κ2) is 4.87. The van der Waals surface area contributed by atoms with Crippen LogP contribution < -0.4 is 5.56 Å². The van der Waals surface area contributed by atoms with Gasteiger partial charge in [0.25, 0.3) is 5.56 Å². The summed E-state index contributed by atoms with van der Waals surface area (Å²) in [5.74, 6) is 0. The van der Waals surface area contributed by atoms with E-state index in [0.29, 0.717) is 0 Å². The number of rotatable bonds is 2. The van der Waals surface area contributed by atoms with Crippen LogP contribution in [-0.4, -0.2) is 19.3 Å². The van der Waals surface area contributed by atoms with Crippen molar-refractivity contribution in [2.45, 2.75) is 39.2 Å². The normalized spacial score (nSPS) is 14.5. The largest absolute Gasteiger partial charge is 0.354 e. The maximum Gasteiger partial charge on any atom is 0.253 e. The maximum atomic E-state index is 12.3. The molecule has 114 valence electrons. The summed E-state index contributed by atoms with van der Waals surface area (Å²) in [6.07, 6.45) is 8.31. The zero-order valence-electron chi connectivity index (χ0n) is 13.0. The van der Waals surface area contributed by atoms with Gasteiger partial charge in [0.15, 0.2) is 0 Å². The average molecular weight is 296 g/mol. The first-order chi connectivity index (χ1) is 10.7. The number of pyridine rings is 1. The van der Waals surface area contributed by atoms with Crippen LogP contribution in [-0.2, 0) is 26.4 Å². The second-order valence-corrected chi connectivity index (χ2v) is 6.04. The Bertz CT molecular complexity index is 913. The van der Waals surface area contributed by atoms with Gasteiger partial charge in [-0.05, 0) is 44.2 Å². The second-order valence-electron chi connectivity index (χ2n) is 6.04. The van der Waals surface area contributed by atoms with Gasteiger partial charge in [-0.25, -0.2) is 0 Å². The summed E-state index contributed by atoms with van der Waals surface area (Å²) in [6, 6.07) is 2.10. The molecule has 3 aromatic heterocycles. The van der Waals surface area contributed by atoms with Gasteiger partial charge in [0.1, 0.15) is 11.3 Å². The van der Waals surface area contributed by atoms with Crippen molar-refractivity contribution in [2.24, 2.45) is 7.05 Å². The summed E-state index contributed by atoms with van der Waals surface area (Å²) in [7, 11) is 1.90. The standard InChI is InChI=1S/C17H20N4O/c1-3-21-9-8-11(10-21)15-14-12-6-4-5-7-13(12)17(22)18-16(14)20(2)19-15/h8-10H,3-7H2,1-2H3,(H,18,22). The SMILES string of the molecule is CCn1ccc(-c2nn(C)c3[nH]c(=O)c4c(c23)CCCC4)c1. The molecule has 22 heavy (non-hydrogen) atoms. The summed E-state index contributed by atoms with van der Waals surface area (Å²) >= 11 is 0. The lowest BCUT2D eigenvalue weighted by atomic mass is 9.90. The highest BCUT2D eigenvalue weighted by molar-refractivity contribution is 5.94. The fraction of sp³-hybridized carbons (Fsp3) is 0.412. The van der Waals surface area contributed by atoms with Gasteiger partial charge in [0.2, 0.25) is 0 Å². The first kappa shape index (κ1) is 13.4. The third-order valence-electron chi connectivity index (χ3n) is 4.71. The number of hydrogen-bond donors (Lipinski definition) is 1. The Morgan fingerprint density at radius 3 is 2.77 bits per heavy atom. The van der Waals surface area contributed by atoms with E-state index in [4.69, 9.17) is 5.10 Å². The van der Waals surface area contributed by atoms with Crippen molar-refractivity contribution in [1.82, 2.24) is 19.3 Å². The van der Waals surface area contributed by atoms with E-state index in [1.807, 2.05) is 7.05 Å². The molecular formula is C17H20N4O. The van der Waals surface area contributed by atoms with Crippen molar-refractivity contribution in [3.05, 3.63) is 39.9 Å². The first-order valence-electron chi connectivity index (χ1n) is 7.96. The lowest BCUT2D eigenvalue weighted by molar-refractivity contribution is 0.681. The van der Waals surface area contributed by atoms with Crippen molar-refractivity contribution in [3.63, 3.8) is 0 Å². The van der Waals surface area contributed by atoms with Crippen LogP contribution in [0, 0.1) is 0 Å². The fourth-order valence-corrected chi connectivity index (χ4v) is 3.55. The Hall–Kier alpha value is -2.30. The third kappa shape index (κ3) is 1.85. The summed E-state index contributed by atoms with van der Waals surface area (Å²) in [5.41, 5.74) is 5.17. The molecule has 3 aromatic rings. The van der Waals surface area contributed by atoms with Gasteiger partial charge in [-0.15, -0.1) is 0 Å². The predicted octanol–water partition coefficient (Wildman–Crippen LogP) is 2.63. The molecule has 0 atom stereocenters. The van der Waals surface area contributed by atoms with E-state index in [1.165, 1.54) is 5.56 Å². The molecule has 0 bridgehead atoms. The van der Waals surface area contributed by atoms with Gasteiger partial charge in [-0.1, -0.05) is 0 Å². The van der Waals surface area contributed by atoms with Gasteiger partial charge in [-0.2, -0.15) is 5.10 Å². The number of aryl methyl sites for hydroxylation is 3. The van der Waals surface area contributed by atoms with Gasteiger partial charge >= 0.3 is 0 Å². The number of H-pyrrole nitrogens is 1. The number of aromatic nitrogens is 4. The van der Waals surface area contributed by atoms with Gasteiger partial charge in [0, 0.05) is 42.5 Å². The molecule has 4 rings (SSSR count). The molecule has 1 N–H and O–H groups in total. The minimum atomic E-state index is 0.0582. The molecule has 5 heteroatoms. The lowest BCUT2D eigenvalue weighted by Crippen LogP contribution is -2.19. The predicted molar refractivity (Wildman–Crippen MR) is 87.1 cm³/mol. The first-order valence-corrected chi connectivity index (χ1v) is 7.96. The molecule has 0 aliphatic heterocycles. The number of aromatic amines is 1. The molecule has 5 nitrogen and oxygen atoms in total. The molecule has 0 amide bonds. The molecule has 1 aliphatic carbocycles. The van der Waals surface area contributed by atoms with Crippen LogP contribution in [0.3, 0.4) is 0 Å². The molecule has 1 aliphatic rings. The zero-order valence-corrected chi connectivity index (χ0v) is 13.0. The number of nitrogens with zero attached hydrogens (tertiary/aromatic N) is 3. The highest BCUT2D eigenvalue weighted by Gasteiger charge is 2.22. The number of fused-ring (bicyclic) bond motifs is 3. The number of hydrogen-bond acceptors (Lipinski definition) is 2. The Morgan fingerprint density at radius 1 is 1.27 bits per heavy atom. The monoisotopic (exact) mass is 296 g/mol. The van der Waals surface area contributed by atoms with E-state index < -0.39 is 0 Å². The molecule has 0 spiro atoms. The quantitative estimate of drug-likeness (QED) is 0.790. The van der Waals surface area contributed by atoms with Crippen molar-refractivity contribution in [1.29, 1.82) is 0 Å². The van der Waals surface area contributed by atoms with Crippen LogP contribution in [0.1, 0.15) is 30.9 Å². The summed E-state index contributed by atoms with van der Waals surface area (Å²) in [6.45, 7) is 3.07. The van der Waals surface area contributed by atoms with Crippen LogP contribution in [0.2, 0.25) is 0 Å². The Morgan fingerprint density at radius 2 is 2.05 bits per heavy atom. The lowest BCUT2D eigenvalue weighted by Gasteiger charge is -2.15. The van der Waals surface area contributed by atoms with E-state index in [1.54, 1.807) is 4.68 Å². The summed E-state index contributed by atoms with van der Waals surface area (Å²) < 4.78 is 3.94. The van der Waals surface area contributed by atoms with E-state index in [-0.39, 0.29) is 5.56 Å². The molecule has 0 unspecified atom stereocenters. The summed E-state index contributed by atoms with van der Waals surface area (Å²) in [4.78, 5) is 15.4. The Kier molecular flexibility index (Phi) is 2.96. The minimum absolute atomic E-state index is 0.0582. The van der Waals surface area contributed by atoms with E-state index in [9.17, 15) is 4.79 Å². The Labute approximate surface area is 128 Å². The Balaban J connectivity index is 2.05. The highest BCUT2D eigenvalue weighted by atomic mass is 16.1. The van der Waals surface area contributed by atoms with E-state index >= 15 is 0 Å². The van der Waals surface area contributed by atoms with Crippen molar-refractivity contribution in [2.75, 3.05) is 0 Å². The van der Waals surface area contributed by atoms with Crippen molar-refractivity contribution < 1.29 is 0 Å². The zero-order chi connectivity index (χ0) is 15.3. The van der Waals surface area contributed by atoms with Crippen LogP contribution >= 0.6 is 0 Å². The molecule has 3 heterocycles. The molecule has 0 radical (unpaired) electrons. The van der Waals surface area contributed by atoms with Gasteiger partial charge in [0.05, 0.1) is 0 Å². The van der Waals surface area contributed by atoms with Crippen LogP contribution in [0.25, 0.3) is 22.3 Å². The van der Waals surface area contributed by atoms with E-state index in [0.717, 1.165) is 60.1 Å². The smallest absolute Gasteiger partial charge is 0.253 e. The highest BCUT2D eigenvalue weighted by Crippen LogP contribution is 2.33. The fourth-order valence-electron chi connectivity index (χ4n) is 3.55. The van der Waals surface area contributed by atoms with Crippen molar-refractivity contribution >= 4 is 11.0 Å².